The molecule has 7 heteroatoms. The molecule has 0 amide bonds. The first-order valence-electron chi connectivity index (χ1n) is 4.35. The molecule has 0 aliphatic carbocycles. The number of sulfonamides is 1. The SMILES string of the molecule is O=S(=O)(Nc1ccc(Br)nc1)c1cc[nH]c1. The van der Waals surface area contributed by atoms with Crippen molar-refractivity contribution in [3.63, 3.8) is 0 Å². The number of pyridine rings is 1. The van der Waals surface area contributed by atoms with Gasteiger partial charge in [0.1, 0.15) is 9.50 Å². The summed E-state index contributed by atoms with van der Waals surface area (Å²) >= 11 is 3.17. The highest BCUT2D eigenvalue weighted by Gasteiger charge is 2.14. The normalized spacial score (nSPS) is 11.3. The predicted molar refractivity (Wildman–Crippen MR) is 63.5 cm³/mol. The zero-order valence-corrected chi connectivity index (χ0v) is 10.4. The van der Waals surface area contributed by atoms with Crippen molar-refractivity contribution < 1.29 is 8.42 Å². The summed E-state index contributed by atoms with van der Waals surface area (Å²) in [6.45, 7) is 0. The lowest BCUT2D eigenvalue weighted by Crippen LogP contribution is -2.12. The Morgan fingerprint density at radius 3 is 2.69 bits per heavy atom. The van der Waals surface area contributed by atoms with Crippen LogP contribution in [0, 0.1) is 0 Å². The average Bonchev–Trinajstić information content (AvgIpc) is 2.75. The first-order chi connectivity index (χ1) is 7.58. The zero-order chi connectivity index (χ0) is 11.6. The Morgan fingerprint density at radius 1 is 1.31 bits per heavy atom. The number of halogens is 1. The van der Waals surface area contributed by atoms with Crippen molar-refractivity contribution in [3.8, 4) is 0 Å². The van der Waals surface area contributed by atoms with E-state index in [1.807, 2.05) is 0 Å². The van der Waals surface area contributed by atoms with E-state index in [1.54, 1.807) is 18.3 Å². The Bertz CT molecular complexity index is 563. The molecule has 16 heavy (non-hydrogen) atoms. The van der Waals surface area contributed by atoms with Crippen molar-refractivity contribution in [1.82, 2.24) is 9.97 Å². The summed E-state index contributed by atoms with van der Waals surface area (Å²) in [6, 6.07) is 4.77. The van der Waals surface area contributed by atoms with Gasteiger partial charge in [-0.05, 0) is 34.1 Å². The van der Waals surface area contributed by atoms with Gasteiger partial charge in [-0.15, -0.1) is 0 Å². The van der Waals surface area contributed by atoms with Gasteiger partial charge < -0.3 is 4.98 Å². The Balaban J connectivity index is 2.25. The quantitative estimate of drug-likeness (QED) is 0.851. The highest BCUT2D eigenvalue weighted by Crippen LogP contribution is 2.15. The molecule has 2 aromatic rings. The first kappa shape index (κ1) is 11.2. The molecule has 0 aliphatic rings. The average molecular weight is 302 g/mol. The van der Waals surface area contributed by atoms with Crippen LogP contribution in [0.2, 0.25) is 0 Å². The van der Waals surface area contributed by atoms with Gasteiger partial charge in [0.15, 0.2) is 0 Å². The van der Waals surface area contributed by atoms with Gasteiger partial charge in [-0.25, -0.2) is 13.4 Å². The van der Waals surface area contributed by atoms with Crippen LogP contribution in [0.1, 0.15) is 0 Å². The van der Waals surface area contributed by atoms with Crippen LogP contribution in [0.5, 0.6) is 0 Å². The molecular formula is C9H8BrN3O2S. The van der Waals surface area contributed by atoms with Gasteiger partial charge in [0, 0.05) is 12.4 Å². The van der Waals surface area contributed by atoms with Gasteiger partial charge in [-0.1, -0.05) is 0 Å². The summed E-state index contributed by atoms with van der Waals surface area (Å²) in [5, 5.41) is 0. The maximum atomic E-state index is 11.8. The Hall–Kier alpha value is -1.34. The summed E-state index contributed by atoms with van der Waals surface area (Å²) < 4.78 is 26.6. The van der Waals surface area contributed by atoms with Crippen LogP contribution in [-0.2, 0) is 10.0 Å². The van der Waals surface area contributed by atoms with E-state index >= 15 is 0 Å². The number of hydrogen-bond donors (Lipinski definition) is 2. The van der Waals surface area contributed by atoms with Crippen LogP contribution in [0.3, 0.4) is 0 Å². The summed E-state index contributed by atoms with van der Waals surface area (Å²) in [7, 11) is -3.52. The van der Waals surface area contributed by atoms with Crippen LogP contribution >= 0.6 is 15.9 Å². The van der Waals surface area contributed by atoms with Crippen molar-refractivity contribution in [1.29, 1.82) is 0 Å². The van der Waals surface area contributed by atoms with Gasteiger partial charge >= 0.3 is 0 Å². The van der Waals surface area contributed by atoms with Gasteiger partial charge in [0.25, 0.3) is 10.0 Å². The number of anilines is 1. The van der Waals surface area contributed by atoms with Crippen LogP contribution in [-0.4, -0.2) is 18.4 Å². The number of rotatable bonds is 3. The van der Waals surface area contributed by atoms with Gasteiger partial charge in [-0.3, -0.25) is 4.72 Å². The molecular weight excluding hydrogens is 294 g/mol. The third-order valence-electron chi connectivity index (χ3n) is 1.86. The van der Waals surface area contributed by atoms with E-state index in [2.05, 4.69) is 30.6 Å². The standard InChI is InChI=1S/C9H8BrN3O2S/c10-9-2-1-7(5-12-9)13-16(14,15)8-3-4-11-6-8/h1-6,11,13H. The second-order valence-corrected chi connectivity index (χ2v) is 5.52. The molecule has 0 aromatic carbocycles. The summed E-state index contributed by atoms with van der Waals surface area (Å²) in [4.78, 5) is 6.81. The molecule has 0 unspecified atom stereocenters. The Labute approximate surface area is 101 Å². The molecule has 2 heterocycles. The Morgan fingerprint density at radius 2 is 2.12 bits per heavy atom. The van der Waals surface area contributed by atoms with E-state index in [0.29, 0.717) is 10.3 Å². The van der Waals surface area contributed by atoms with E-state index in [4.69, 9.17) is 0 Å². The molecule has 0 atom stereocenters. The molecule has 0 radical (unpaired) electrons. The topological polar surface area (TPSA) is 74.8 Å². The van der Waals surface area contributed by atoms with Gasteiger partial charge in [0.05, 0.1) is 11.9 Å². The molecule has 2 N–H and O–H groups in total. The lowest BCUT2D eigenvalue weighted by atomic mass is 10.4. The number of hydrogen-bond acceptors (Lipinski definition) is 3. The van der Waals surface area contributed by atoms with Crippen LogP contribution < -0.4 is 4.72 Å². The maximum Gasteiger partial charge on any atom is 0.263 e. The number of nitrogens with one attached hydrogen (secondary N) is 2. The van der Waals surface area contributed by atoms with Crippen LogP contribution in [0.25, 0.3) is 0 Å². The van der Waals surface area contributed by atoms with Crippen molar-refractivity contribution >= 4 is 31.6 Å². The largest absolute Gasteiger partial charge is 0.366 e. The fraction of sp³-hybridized carbons (Fsp3) is 0. The number of nitrogens with zero attached hydrogens (tertiary/aromatic N) is 1. The van der Waals surface area contributed by atoms with Gasteiger partial charge in [0.2, 0.25) is 0 Å². The molecule has 0 bridgehead atoms. The fourth-order valence-corrected chi connectivity index (χ4v) is 2.38. The third kappa shape index (κ3) is 2.42. The van der Waals surface area contributed by atoms with E-state index in [9.17, 15) is 8.42 Å². The molecule has 0 fully saturated rings. The zero-order valence-electron chi connectivity index (χ0n) is 8.01. The smallest absolute Gasteiger partial charge is 0.263 e. The number of aromatic amines is 1. The summed E-state index contributed by atoms with van der Waals surface area (Å²) in [5.41, 5.74) is 0.421. The summed E-state index contributed by atoms with van der Waals surface area (Å²) in [5.74, 6) is 0. The minimum atomic E-state index is -3.52. The number of H-pyrrole nitrogens is 1. The second-order valence-electron chi connectivity index (χ2n) is 3.02. The summed E-state index contributed by atoms with van der Waals surface area (Å²) in [6.07, 6.45) is 4.40. The van der Waals surface area contributed by atoms with Crippen LogP contribution in [0.4, 0.5) is 5.69 Å². The monoisotopic (exact) mass is 301 g/mol. The predicted octanol–water partition coefficient (Wildman–Crippen LogP) is 1.97. The fourth-order valence-electron chi connectivity index (χ4n) is 1.13. The van der Waals surface area contributed by atoms with E-state index < -0.39 is 10.0 Å². The maximum absolute atomic E-state index is 11.8. The second kappa shape index (κ2) is 4.26. The lowest BCUT2D eigenvalue weighted by molar-refractivity contribution is 0.601. The van der Waals surface area contributed by atoms with Crippen molar-refractivity contribution in [2.24, 2.45) is 0 Å². The number of aromatic nitrogens is 2. The minimum Gasteiger partial charge on any atom is -0.366 e. The van der Waals surface area contributed by atoms with Gasteiger partial charge in [-0.2, -0.15) is 0 Å². The third-order valence-corrected chi connectivity index (χ3v) is 3.71. The van der Waals surface area contributed by atoms with Crippen LogP contribution in [0.15, 0.2) is 46.3 Å². The minimum absolute atomic E-state index is 0.190. The highest BCUT2D eigenvalue weighted by atomic mass is 79.9. The van der Waals surface area contributed by atoms with Crippen molar-refractivity contribution in [2.75, 3.05) is 4.72 Å². The molecule has 5 nitrogen and oxygen atoms in total. The van der Waals surface area contributed by atoms with Crippen molar-refractivity contribution in [2.45, 2.75) is 4.90 Å². The highest BCUT2D eigenvalue weighted by molar-refractivity contribution is 9.10. The molecule has 2 aromatic heterocycles. The van der Waals surface area contributed by atoms with E-state index in [-0.39, 0.29) is 4.90 Å². The molecule has 0 saturated carbocycles. The molecule has 0 spiro atoms. The van der Waals surface area contributed by atoms with E-state index in [0.717, 1.165) is 0 Å². The first-order valence-corrected chi connectivity index (χ1v) is 6.63. The molecule has 2 rings (SSSR count). The Kier molecular flexibility index (Phi) is 2.97. The molecule has 84 valence electrons. The molecule has 0 saturated heterocycles. The molecule has 0 aliphatic heterocycles. The van der Waals surface area contributed by atoms with Crippen molar-refractivity contribution in [3.05, 3.63) is 41.4 Å². The lowest BCUT2D eigenvalue weighted by Gasteiger charge is -2.05. The van der Waals surface area contributed by atoms with E-state index in [1.165, 1.54) is 18.5 Å².